The van der Waals surface area contributed by atoms with E-state index in [0.29, 0.717) is 5.56 Å². The van der Waals surface area contributed by atoms with Crippen LogP contribution in [0.4, 0.5) is 8.78 Å². The van der Waals surface area contributed by atoms with Crippen LogP contribution in [-0.4, -0.2) is 32.9 Å². The smallest absolute Gasteiger partial charge is 0.283 e. The molecule has 0 radical (unpaired) electrons. The average Bonchev–Trinajstić information content (AvgIpc) is 2.75. The Morgan fingerprint density at radius 2 is 2.00 bits per heavy atom. The van der Waals surface area contributed by atoms with Gasteiger partial charge < -0.3 is 14.8 Å². The maximum atomic E-state index is 13.2. The molecule has 0 aliphatic carbocycles. The molecule has 2 rings (SSSR count). The molecule has 2 aromatic rings. The number of carbonyl (C=O) groups excluding carboxylic acids is 1. The van der Waals surface area contributed by atoms with Crippen molar-refractivity contribution in [2.24, 2.45) is 7.05 Å². The highest BCUT2D eigenvalue weighted by molar-refractivity contribution is 5.97. The van der Waals surface area contributed by atoms with Gasteiger partial charge in [-0.2, -0.15) is 0 Å². The van der Waals surface area contributed by atoms with E-state index in [9.17, 15) is 23.8 Å². The highest BCUT2D eigenvalue weighted by Gasteiger charge is 2.24. The molecule has 2 N–H and O–H groups in total. The summed E-state index contributed by atoms with van der Waals surface area (Å²) in [6.45, 7) is -0.165. The van der Waals surface area contributed by atoms with E-state index in [4.69, 9.17) is 4.84 Å². The van der Waals surface area contributed by atoms with Gasteiger partial charge in [0.05, 0.1) is 13.7 Å². The zero-order valence-electron chi connectivity index (χ0n) is 11.9. The van der Waals surface area contributed by atoms with Crippen molar-refractivity contribution < 1.29 is 28.6 Å². The number of nitrogens with zero attached hydrogens (tertiary/aromatic N) is 2. The number of halogens is 2. The summed E-state index contributed by atoms with van der Waals surface area (Å²) in [7, 11) is 2.66. The molecule has 0 saturated heterocycles. The van der Waals surface area contributed by atoms with Gasteiger partial charge in [-0.25, -0.2) is 13.8 Å². The largest absolute Gasteiger partial charge is 0.503 e. The minimum absolute atomic E-state index is 0.165. The number of hydrogen-bond acceptors (Lipinski definition) is 4. The number of amides is 1. The van der Waals surface area contributed by atoms with E-state index in [2.05, 4.69) is 0 Å². The van der Waals surface area contributed by atoms with Gasteiger partial charge in [0, 0.05) is 13.2 Å². The SMILES string of the molecule is CON(Cc1ccc(F)c(F)c1)C(=O)c1cn(C)c(O)c1O. The summed E-state index contributed by atoms with van der Waals surface area (Å²) in [4.78, 5) is 17.2. The predicted octanol–water partition coefficient (Wildman–Crippen LogP) is 1.92. The fourth-order valence-electron chi connectivity index (χ4n) is 1.92. The van der Waals surface area contributed by atoms with Crippen LogP contribution in [0.15, 0.2) is 24.4 Å². The summed E-state index contributed by atoms with van der Waals surface area (Å²) in [5.41, 5.74) is 0.123. The molecule has 8 heteroatoms. The molecule has 0 saturated carbocycles. The van der Waals surface area contributed by atoms with Crippen LogP contribution >= 0.6 is 0 Å². The van der Waals surface area contributed by atoms with E-state index in [-0.39, 0.29) is 12.1 Å². The standard InChI is InChI=1S/C14H14F2N2O4/c1-17-7-9(12(19)14(17)21)13(20)18(22-2)6-8-3-4-10(15)11(16)5-8/h3-5,7,19,21H,6H2,1-2H3. The van der Waals surface area contributed by atoms with E-state index < -0.39 is 29.2 Å². The minimum atomic E-state index is -1.04. The van der Waals surface area contributed by atoms with E-state index in [1.807, 2.05) is 0 Å². The van der Waals surface area contributed by atoms with Crippen LogP contribution in [0, 0.1) is 11.6 Å². The van der Waals surface area contributed by atoms with Gasteiger partial charge in [-0.1, -0.05) is 6.07 Å². The number of carbonyl (C=O) groups is 1. The van der Waals surface area contributed by atoms with E-state index in [1.165, 1.54) is 26.4 Å². The summed E-state index contributed by atoms with van der Waals surface area (Å²) in [6, 6.07) is 3.19. The highest BCUT2D eigenvalue weighted by atomic mass is 19.2. The van der Waals surface area contributed by atoms with Crippen LogP contribution < -0.4 is 0 Å². The van der Waals surface area contributed by atoms with Gasteiger partial charge in [0.15, 0.2) is 17.4 Å². The molecule has 0 fully saturated rings. The van der Waals surface area contributed by atoms with E-state index in [0.717, 1.165) is 21.8 Å². The first-order valence-electron chi connectivity index (χ1n) is 6.22. The fourth-order valence-corrected chi connectivity index (χ4v) is 1.92. The second-order valence-electron chi connectivity index (χ2n) is 4.60. The van der Waals surface area contributed by atoms with Gasteiger partial charge in [0.25, 0.3) is 5.91 Å². The molecule has 1 heterocycles. The number of aryl methyl sites for hydroxylation is 1. The Bertz CT molecular complexity index is 715. The topological polar surface area (TPSA) is 74.9 Å². The first kappa shape index (κ1) is 15.8. The number of benzene rings is 1. The third-order valence-electron chi connectivity index (χ3n) is 3.11. The summed E-state index contributed by atoms with van der Waals surface area (Å²) >= 11 is 0. The lowest BCUT2D eigenvalue weighted by Gasteiger charge is -2.19. The molecule has 0 atom stereocenters. The normalized spacial score (nSPS) is 10.7. The monoisotopic (exact) mass is 312 g/mol. The summed E-state index contributed by atoms with van der Waals surface area (Å²) in [5, 5.41) is 20.0. The number of aromatic nitrogens is 1. The van der Waals surface area contributed by atoms with Crippen molar-refractivity contribution in [3.05, 3.63) is 47.2 Å². The first-order chi connectivity index (χ1) is 10.3. The predicted molar refractivity (Wildman–Crippen MR) is 72.0 cm³/mol. The average molecular weight is 312 g/mol. The molecule has 118 valence electrons. The molecule has 0 aliphatic heterocycles. The fraction of sp³-hybridized carbons (Fsp3) is 0.214. The lowest BCUT2D eigenvalue weighted by Crippen LogP contribution is -2.29. The molecule has 22 heavy (non-hydrogen) atoms. The van der Waals surface area contributed by atoms with Crippen molar-refractivity contribution in [2.75, 3.05) is 7.11 Å². The Morgan fingerprint density at radius 3 is 2.50 bits per heavy atom. The van der Waals surface area contributed by atoms with Gasteiger partial charge in [-0.05, 0) is 17.7 Å². The van der Waals surface area contributed by atoms with Gasteiger partial charge >= 0.3 is 0 Å². The van der Waals surface area contributed by atoms with Crippen molar-refractivity contribution in [3.8, 4) is 11.6 Å². The maximum absolute atomic E-state index is 13.2. The zero-order valence-corrected chi connectivity index (χ0v) is 11.9. The molecule has 0 bridgehead atoms. The zero-order chi connectivity index (χ0) is 16.4. The molecule has 1 aromatic heterocycles. The van der Waals surface area contributed by atoms with Crippen LogP contribution in [0.5, 0.6) is 11.6 Å². The van der Waals surface area contributed by atoms with Crippen LogP contribution in [0.1, 0.15) is 15.9 Å². The van der Waals surface area contributed by atoms with Gasteiger partial charge in [0.1, 0.15) is 5.56 Å². The lowest BCUT2D eigenvalue weighted by molar-refractivity contribution is -0.102. The number of hydrogen-bond donors (Lipinski definition) is 2. The Morgan fingerprint density at radius 1 is 1.32 bits per heavy atom. The second-order valence-corrected chi connectivity index (χ2v) is 4.60. The quantitative estimate of drug-likeness (QED) is 0.846. The Labute approximate surface area is 124 Å². The van der Waals surface area contributed by atoms with Gasteiger partial charge in [-0.3, -0.25) is 9.63 Å². The molecule has 0 spiro atoms. The van der Waals surface area contributed by atoms with Crippen molar-refractivity contribution in [1.82, 2.24) is 9.63 Å². The highest BCUT2D eigenvalue weighted by Crippen LogP contribution is 2.31. The van der Waals surface area contributed by atoms with E-state index >= 15 is 0 Å². The Hall–Kier alpha value is -2.61. The van der Waals surface area contributed by atoms with Gasteiger partial charge in [0.2, 0.25) is 5.88 Å². The third kappa shape index (κ3) is 2.86. The molecular weight excluding hydrogens is 298 g/mol. The minimum Gasteiger partial charge on any atom is -0.503 e. The Kier molecular flexibility index (Phi) is 4.32. The summed E-state index contributed by atoms with van der Waals surface area (Å²) in [6.07, 6.45) is 1.23. The number of rotatable bonds is 4. The molecular formula is C14H14F2N2O4. The molecule has 0 unspecified atom stereocenters. The number of aromatic hydroxyl groups is 2. The molecule has 1 aromatic carbocycles. The van der Waals surface area contributed by atoms with Crippen LogP contribution in [-0.2, 0) is 18.4 Å². The molecule has 6 nitrogen and oxygen atoms in total. The summed E-state index contributed by atoms with van der Waals surface area (Å²) < 4.78 is 27.2. The second kappa shape index (κ2) is 6.02. The first-order valence-corrected chi connectivity index (χ1v) is 6.22. The molecule has 1 amide bonds. The van der Waals surface area contributed by atoms with E-state index in [1.54, 1.807) is 0 Å². The van der Waals surface area contributed by atoms with Crippen LogP contribution in [0.25, 0.3) is 0 Å². The van der Waals surface area contributed by atoms with Crippen molar-refractivity contribution >= 4 is 5.91 Å². The third-order valence-corrected chi connectivity index (χ3v) is 3.11. The number of hydroxylamine groups is 2. The lowest BCUT2D eigenvalue weighted by atomic mass is 10.2. The Balaban J connectivity index is 2.25. The van der Waals surface area contributed by atoms with Crippen molar-refractivity contribution in [3.63, 3.8) is 0 Å². The van der Waals surface area contributed by atoms with Crippen molar-refractivity contribution in [2.45, 2.75) is 6.54 Å². The summed E-state index contributed by atoms with van der Waals surface area (Å²) in [5.74, 6) is -3.82. The maximum Gasteiger partial charge on any atom is 0.283 e. The van der Waals surface area contributed by atoms with Crippen LogP contribution in [0.2, 0.25) is 0 Å². The van der Waals surface area contributed by atoms with Gasteiger partial charge in [-0.15, -0.1) is 0 Å². The molecule has 0 aliphatic rings. The van der Waals surface area contributed by atoms with Crippen molar-refractivity contribution in [1.29, 1.82) is 0 Å². The van der Waals surface area contributed by atoms with Crippen LogP contribution in [0.3, 0.4) is 0 Å².